The number of aliphatic carboxylic acids is 5. The van der Waals surface area contributed by atoms with Gasteiger partial charge in [0.05, 0.1) is 19.6 Å². The number of carbonyl (C=O) groups is 9. The highest BCUT2D eigenvalue weighted by Crippen LogP contribution is 2.09. The molecule has 1 aliphatic rings. The number of ketones is 1. The van der Waals surface area contributed by atoms with Gasteiger partial charge in [-0.25, -0.2) is 14.4 Å². The molecule has 1 fully saturated rings. The van der Waals surface area contributed by atoms with Crippen LogP contribution in [0.15, 0.2) is 0 Å². The van der Waals surface area contributed by atoms with Crippen molar-refractivity contribution >= 4 is 59.6 Å². The van der Waals surface area contributed by atoms with Gasteiger partial charge in [0, 0.05) is 91.1 Å². The summed E-state index contributed by atoms with van der Waals surface area (Å²) in [6, 6.07) is -3.83. The summed E-state index contributed by atoms with van der Waals surface area (Å²) >= 11 is 0. The van der Waals surface area contributed by atoms with Crippen LogP contribution >= 0.6 is 0 Å². The van der Waals surface area contributed by atoms with Gasteiger partial charge >= 0.3 is 42.0 Å². The molecule has 0 aromatic carbocycles. The van der Waals surface area contributed by atoms with E-state index in [1.165, 1.54) is 0 Å². The Morgan fingerprint density at radius 3 is 1.27 bits per heavy atom. The second kappa shape index (κ2) is 38.5. The number of carboxylic acid groups (broad SMARTS) is 5. The Hall–Kier alpha value is -5.55. The molecule has 0 aromatic heterocycles. The first-order valence-corrected chi connectivity index (χ1v) is 22.9. The van der Waals surface area contributed by atoms with E-state index in [1.54, 1.807) is 4.90 Å². The van der Waals surface area contributed by atoms with Crippen molar-refractivity contribution in [2.24, 2.45) is 0 Å². The van der Waals surface area contributed by atoms with E-state index in [4.69, 9.17) is 19.8 Å². The topological polar surface area (TPSA) is 350 Å². The Bertz CT molecular complexity index is 1560. The van der Waals surface area contributed by atoms with Crippen LogP contribution < -0.4 is 21.3 Å². The fraction of sp³-hybridized carbons (Fsp3) is 0.767. The summed E-state index contributed by atoms with van der Waals surface area (Å²) < 4.78 is 0. The number of rotatable bonds is 33. The number of unbranched alkanes of at least 4 members (excludes halogenated alkanes) is 8. The summed E-state index contributed by atoms with van der Waals surface area (Å²) in [7, 11) is 1.97. The van der Waals surface area contributed by atoms with Crippen LogP contribution in [0.2, 0.25) is 0 Å². The van der Waals surface area contributed by atoms with Gasteiger partial charge in [0.2, 0.25) is 11.8 Å². The first-order valence-electron chi connectivity index (χ1n) is 22.9. The molecule has 67 heavy (non-hydrogen) atoms. The zero-order valence-corrected chi connectivity index (χ0v) is 38.9. The maximum Gasteiger partial charge on any atom is 0.373 e. The molecular weight excluding hydrogens is 885 g/mol. The Kier molecular flexibility index (Phi) is 35.4. The highest BCUT2D eigenvalue weighted by molar-refractivity contribution is 5.86. The van der Waals surface area contributed by atoms with E-state index < -0.39 is 54.4 Å². The Morgan fingerprint density at radius 1 is 0.463 bits per heavy atom. The second-order valence-corrected chi connectivity index (χ2v) is 16.5. The van der Waals surface area contributed by atoms with Gasteiger partial charge in [0.15, 0.2) is 0 Å². The van der Waals surface area contributed by atoms with Crippen LogP contribution in [0.1, 0.15) is 109 Å². The quantitative estimate of drug-likeness (QED) is 0.0395. The largest absolute Gasteiger partial charge is 0.481 e. The summed E-state index contributed by atoms with van der Waals surface area (Å²) in [4.78, 5) is 130. The molecule has 382 valence electrons. The van der Waals surface area contributed by atoms with E-state index in [0.29, 0.717) is 117 Å². The lowest BCUT2D eigenvalue weighted by Gasteiger charge is -2.32. The predicted octanol–water partition coefficient (Wildman–Crippen LogP) is 0.147. The van der Waals surface area contributed by atoms with E-state index in [-0.39, 0.29) is 49.7 Å². The minimum atomic E-state index is -1.49. The highest BCUT2D eigenvalue weighted by atomic mass is 16.4. The summed E-state index contributed by atoms with van der Waals surface area (Å²) in [5.74, 6) is -5.88. The van der Waals surface area contributed by atoms with Gasteiger partial charge in [-0.1, -0.05) is 32.1 Å². The van der Waals surface area contributed by atoms with Crippen molar-refractivity contribution in [3.63, 3.8) is 0 Å². The molecule has 0 saturated carbocycles. The minimum Gasteiger partial charge on any atom is -0.481 e. The molecule has 24 heteroatoms. The second-order valence-electron chi connectivity index (χ2n) is 16.5. The number of likely N-dealkylation sites (N-methyl/N-ethyl adjacent to an activating group) is 1. The highest BCUT2D eigenvalue weighted by Gasteiger charge is 2.25. The molecule has 1 heterocycles. The van der Waals surface area contributed by atoms with Crippen molar-refractivity contribution in [3.8, 4) is 0 Å². The van der Waals surface area contributed by atoms with Gasteiger partial charge in [0.25, 0.3) is 0 Å². The van der Waals surface area contributed by atoms with Gasteiger partial charge in [-0.05, 0) is 58.4 Å². The lowest BCUT2D eigenvalue weighted by Crippen LogP contribution is -2.51. The number of nitrogens with zero attached hydrogens (tertiary/aromatic N) is 4. The third-order valence-electron chi connectivity index (χ3n) is 10.8. The number of hydrogen-bond donors (Lipinski definition) is 9. The van der Waals surface area contributed by atoms with Gasteiger partial charge < -0.3 is 51.7 Å². The van der Waals surface area contributed by atoms with Crippen molar-refractivity contribution in [1.82, 2.24) is 40.9 Å². The fourth-order valence-electron chi connectivity index (χ4n) is 6.97. The summed E-state index contributed by atoms with van der Waals surface area (Å²) in [5.41, 5.74) is 0. The van der Waals surface area contributed by atoms with Crippen molar-refractivity contribution < 1.29 is 78.3 Å². The lowest BCUT2D eigenvalue weighted by molar-refractivity contribution is -0.192. The van der Waals surface area contributed by atoms with Gasteiger partial charge in [-0.3, -0.25) is 43.5 Å². The first kappa shape index (κ1) is 61.5. The van der Waals surface area contributed by atoms with E-state index in [9.17, 15) is 58.5 Å². The lowest BCUT2D eigenvalue weighted by atomic mass is 10.1. The smallest absolute Gasteiger partial charge is 0.373 e. The zero-order valence-electron chi connectivity index (χ0n) is 38.9. The SMILES string of the molecule is CN1CCN(CC(=O)O)CCN(CC(=O)O)CCN(CC(=O)CCCCCCCNC(=O)CCCCCCC(=O)NCCCC[C@H](NC(=O)N[C@@H](CCC(=O)O)C(=O)O)C(=O)O)CC1.O=C=O. The van der Waals surface area contributed by atoms with Crippen LogP contribution in [0.3, 0.4) is 0 Å². The Labute approximate surface area is 391 Å². The molecule has 24 nitrogen and oxygen atoms in total. The van der Waals surface area contributed by atoms with Gasteiger partial charge in [-0.2, -0.15) is 9.59 Å². The number of hydrogen-bond acceptors (Lipinski definition) is 15. The van der Waals surface area contributed by atoms with E-state index >= 15 is 0 Å². The monoisotopic (exact) mass is 959 g/mol. The zero-order chi connectivity index (χ0) is 50.4. The molecule has 2 atom stereocenters. The molecule has 1 saturated heterocycles. The molecule has 4 amide bonds. The number of carbonyl (C=O) groups excluding carboxylic acids is 6. The third-order valence-corrected chi connectivity index (χ3v) is 10.8. The van der Waals surface area contributed by atoms with Crippen molar-refractivity contribution in [1.29, 1.82) is 0 Å². The number of urea groups is 1. The number of nitrogens with one attached hydrogen (secondary N) is 4. The van der Waals surface area contributed by atoms with Crippen LogP contribution in [0.5, 0.6) is 0 Å². The molecule has 0 aromatic rings. The molecule has 9 N–H and O–H groups in total. The summed E-state index contributed by atoms with van der Waals surface area (Å²) in [6.45, 7) is 5.37. The van der Waals surface area contributed by atoms with Crippen molar-refractivity contribution in [3.05, 3.63) is 0 Å². The first-order chi connectivity index (χ1) is 31.9. The van der Waals surface area contributed by atoms with Crippen LogP contribution in [0.25, 0.3) is 0 Å². The van der Waals surface area contributed by atoms with Crippen LogP contribution in [0.4, 0.5) is 4.79 Å². The van der Waals surface area contributed by atoms with Crippen LogP contribution in [-0.4, -0.2) is 209 Å². The molecule has 1 rings (SSSR count). The fourth-order valence-corrected chi connectivity index (χ4v) is 6.97. The summed E-state index contributed by atoms with van der Waals surface area (Å²) in [6.07, 6.45) is 8.80. The molecule has 0 unspecified atom stereocenters. The average molecular weight is 959 g/mol. The number of amides is 4. The van der Waals surface area contributed by atoms with Crippen LogP contribution in [0, 0.1) is 0 Å². The van der Waals surface area contributed by atoms with E-state index in [2.05, 4.69) is 31.1 Å². The van der Waals surface area contributed by atoms with Gasteiger partial charge in [0.1, 0.15) is 17.9 Å². The van der Waals surface area contributed by atoms with Crippen molar-refractivity contribution in [2.45, 2.75) is 121 Å². The average Bonchev–Trinajstić information content (AvgIpc) is 3.24. The van der Waals surface area contributed by atoms with Crippen molar-refractivity contribution in [2.75, 3.05) is 92.1 Å². The standard InChI is InChI=1S/C42H74N8O14.CO2/c1-47-21-23-48(25-26-50(31-39(58)59)28-27-49(24-22-47)30-38(56)57)29-32(51)13-7-3-2-6-11-19-43-35(52)15-8-4-5-9-16-36(53)44-20-12-10-14-33(40(60)61)45-42(64)46-34(41(62)63)17-18-37(54)55;2-1-3/h33-34H,2-31H2,1H3,(H,43,52)(H,44,53)(H,54,55)(H,56,57)(H,58,59)(H,60,61)(H,62,63)(H2,45,46,64);/t33-,34-;/m0./s1. The molecule has 0 bridgehead atoms. The summed E-state index contributed by atoms with van der Waals surface area (Å²) in [5, 5.41) is 55.9. The third kappa shape index (κ3) is 36.3. The molecule has 0 aliphatic carbocycles. The van der Waals surface area contributed by atoms with E-state index in [1.807, 2.05) is 11.9 Å². The number of carboxylic acids is 5. The Morgan fingerprint density at radius 2 is 0.836 bits per heavy atom. The minimum absolute atomic E-state index is 0.0105. The maximum atomic E-state index is 12.9. The number of Topliss-reactive ketones (excluding diaryl/α,β-unsaturated/α-hetero) is 1. The molecular formula is C43H74N8O16. The molecule has 1 aliphatic heterocycles. The van der Waals surface area contributed by atoms with Crippen LogP contribution in [-0.2, 0) is 47.9 Å². The van der Waals surface area contributed by atoms with E-state index in [0.717, 1.165) is 44.9 Å². The molecule has 0 spiro atoms. The maximum absolute atomic E-state index is 12.9. The predicted molar refractivity (Wildman–Crippen MR) is 239 cm³/mol. The molecule has 0 radical (unpaired) electrons. The van der Waals surface area contributed by atoms with Gasteiger partial charge in [-0.15, -0.1) is 0 Å². The normalized spacial score (nSPS) is 15.1. The Balaban J connectivity index is 0.0000141.